The number of halogens is 1. The van der Waals surface area contributed by atoms with Gasteiger partial charge in [0.15, 0.2) is 0 Å². The third-order valence-corrected chi connectivity index (χ3v) is 4.39. The third kappa shape index (κ3) is 3.81. The molecule has 3 aromatic rings. The Balaban J connectivity index is 1.86. The van der Waals surface area contributed by atoms with Crippen LogP contribution in [-0.4, -0.2) is 20.7 Å². The van der Waals surface area contributed by atoms with Crippen LogP contribution in [0, 0.1) is 6.92 Å². The highest BCUT2D eigenvalue weighted by atomic mass is 35.5. The van der Waals surface area contributed by atoms with Crippen LogP contribution < -0.4 is 10.9 Å². The monoisotopic (exact) mass is 368 g/mol. The summed E-state index contributed by atoms with van der Waals surface area (Å²) in [5.74, 6) is -0.355. The number of nitrogens with one attached hydrogen (secondary N) is 1. The molecule has 1 unspecified atom stereocenters. The van der Waals surface area contributed by atoms with E-state index in [1.165, 1.54) is 10.7 Å². The summed E-state index contributed by atoms with van der Waals surface area (Å²) in [6, 6.07) is 11.1. The molecule has 1 N–H and O–H groups in total. The van der Waals surface area contributed by atoms with E-state index >= 15 is 0 Å². The summed E-state index contributed by atoms with van der Waals surface area (Å²) >= 11 is 6.08. The highest BCUT2D eigenvalue weighted by molar-refractivity contribution is 6.31. The van der Waals surface area contributed by atoms with Gasteiger partial charge in [-0.3, -0.25) is 14.6 Å². The van der Waals surface area contributed by atoms with Gasteiger partial charge in [0.25, 0.3) is 5.56 Å². The lowest BCUT2D eigenvalue weighted by molar-refractivity contribution is -0.119. The molecule has 0 saturated carbocycles. The van der Waals surface area contributed by atoms with Gasteiger partial charge in [-0.2, -0.15) is 5.10 Å². The van der Waals surface area contributed by atoms with Crippen LogP contribution in [0.25, 0.3) is 11.3 Å². The summed E-state index contributed by atoms with van der Waals surface area (Å²) in [6.45, 7) is 3.50. The number of anilines is 1. The standard InChI is InChI=1S/C19H17ClN4O2/c1-12-3-4-15(11-16(12)20)22-19(26)13(2)24-18(25)6-5-17(23-24)14-7-9-21-10-8-14/h3-11,13H,1-2H3,(H,22,26). The maximum absolute atomic E-state index is 12.5. The first-order chi connectivity index (χ1) is 12.5. The molecule has 0 radical (unpaired) electrons. The second-order valence-corrected chi connectivity index (χ2v) is 6.27. The van der Waals surface area contributed by atoms with Crippen molar-refractivity contribution in [1.29, 1.82) is 0 Å². The second-order valence-electron chi connectivity index (χ2n) is 5.87. The van der Waals surface area contributed by atoms with E-state index in [0.29, 0.717) is 16.4 Å². The lowest BCUT2D eigenvalue weighted by Crippen LogP contribution is -2.33. The van der Waals surface area contributed by atoms with Crippen LogP contribution in [0.15, 0.2) is 59.7 Å². The van der Waals surface area contributed by atoms with Crippen molar-refractivity contribution in [3.8, 4) is 11.3 Å². The number of hydrogen-bond donors (Lipinski definition) is 1. The van der Waals surface area contributed by atoms with Gasteiger partial charge in [-0.1, -0.05) is 17.7 Å². The number of hydrogen-bond acceptors (Lipinski definition) is 4. The molecule has 0 aliphatic rings. The van der Waals surface area contributed by atoms with Crippen LogP contribution >= 0.6 is 11.6 Å². The molecule has 1 atom stereocenters. The quantitative estimate of drug-likeness (QED) is 0.765. The summed E-state index contributed by atoms with van der Waals surface area (Å²) < 4.78 is 1.17. The van der Waals surface area contributed by atoms with Gasteiger partial charge >= 0.3 is 0 Å². The molecule has 0 fully saturated rings. The topological polar surface area (TPSA) is 76.9 Å². The fourth-order valence-corrected chi connectivity index (χ4v) is 2.59. The Morgan fingerprint density at radius 3 is 2.58 bits per heavy atom. The van der Waals surface area contributed by atoms with Crippen molar-refractivity contribution in [2.24, 2.45) is 0 Å². The van der Waals surface area contributed by atoms with Crippen LogP contribution in [0.3, 0.4) is 0 Å². The van der Waals surface area contributed by atoms with Crippen LogP contribution in [0.5, 0.6) is 0 Å². The number of benzene rings is 1. The SMILES string of the molecule is Cc1ccc(NC(=O)C(C)n2nc(-c3ccncc3)ccc2=O)cc1Cl. The third-order valence-electron chi connectivity index (χ3n) is 3.99. The van der Waals surface area contributed by atoms with E-state index in [9.17, 15) is 9.59 Å². The zero-order valence-electron chi connectivity index (χ0n) is 14.3. The predicted molar refractivity (Wildman–Crippen MR) is 101 cm³/mol. The fourth-order valence-electron chi connectivity index (χ4n) is 2.41. The van der Waals surface area contributed by atoms with E-state index in [1.54, 1.807) is 49.6 Å². The maximum atomic E-state index is 12.5. The Morgan fingerprint density at radius 1 is 1.15 bits per heavy atom. The van der Waals surface area contributed by atoms with Crippen molar-refractivity contribution in [3.05, 3.63) is 75.8 Å². The number of amides is 1. The Morgan fingerprint density at radius 2 is 1.88 bits per heavy atom. The average molecular weight is 369 g/mol. The molecule has 7 heteroatoms. The van der Waals surface area contributed by atoms with E-state index in [2.05, 4.69) is 15.4 Å². The summed E-state index contributed by atoms with van der Waals surface area (Å²) in [5.41, 5.74) is 2.53. The predicted octanol–water partition coefficient (Wildman–Crippen LogP) is 3.47. The number of aryl methyl sites for hydroxylation is 1. The molecule has 0 spiro atoms. The Labute approximate surface area is 155 Å². The highest BCUT2D eigenvalue weighted by Gasteiger charge is 2.18. The van der Waals surface area contributed by atoms with Crippen molar-refractivity contribution in [1.82, 2.24) is 14.8 Å². The molecule has 132 valence electrons. The minimum Gasteiger partial charge on any atom is -0.324 e. The van der Waals surface area contributed by atoms with Gasteiger partial charge in [0.2, 0.25) is 5.91 Å². The number of aromatic nitrogens is 3. The number of rotatable bonds is 4. The molecule has 0 aliphatic carbocycles. The maximum Gasteiger partial charge on any atom is 0.267 e. The smallest absolute Gasteiger partial charge is 0.267 e. The molecule has 6 nitrogen and oxygen atoms in total. The first-order valence-corrected chi connectivity index (χ1v) is 8.41. The summed E-state index contributed by atoms with van der Waals surface area (Å²) in [4.78, 5) is 28.7. The molecule has 2 heterocycles. The van der Waals surface area contributed by atoms with E-state index in [1.807, 2.05) is 13.0 Å². The lowest BCUT2D eigenvalue weighted by atomic mass is 10.2. The highest BCUT2D eigenvalue weighted by Crippen LogP contribution is 2.21. The Kier molecular flexibility index (Phi) is 5.14. The largest absolute Gasteiger partial charge is 0.324 e. The first kappa shape index (κ1) is 17.8. The Hall–Kier alpha value is -2.99. The molecule has 0 aliphatic heterocycles. The summed E-state index contributed by atoms with van der Waals surface area (Å²) in [5, 5.41) is 7.65. The number of pyridine rings is 1. The van der Waals surface area contributed by atoms with Crippen molar-refractivity contribution in [2.75, 3.05) is 5.32 Å². The zero-order valence-corrected chi connectivity index (χ0v) is 15.1. The first-order valence-electron chi connectivity index (χ1n) is 8.03. The number of nitrogens with zero attached hydrogens (tertiary/aromatic N) is 3. The molecule has 26 heavy (non-hydrogen) atoms. The lowest BCUT2D eigenvalue weighted by Gasteiger charge is -2.15. The van der Waals surface area contributed by atoms with Crippen LogP contribution in [0.4, 0.5) is 5.69 Å². The number of carbonyl (C=O) groups excluding carboxylic acids is 1. The molecule has 0 bridgehead atoms. The molecular formula is C19H17ClN4O2. The normalized spacial score (nSPS) is 11.8. The van der Waals surface area contributed by atoms with E-state index in [4.69, 9.17) is 11.6 Å². The minimum atomic E-state index is -0.788. The van der Waals surface area contributed by atoms with Crippen molar-refractivity contribution >= 4 is 23.2 Å². The van der Waals surface area contributed by atoms with Crippen LogP contribution in [0.2, 0.25) is 5.02 Å². The zero-order chi connectivity index (χ0) is 18.7. The summed E-state index contributed by atoms with van der Waals surface area (Å²) in [6.07, 6.45) is 3.29. The molecule has 1 aromatic carbocycles. The van der Waals surface area contributed by atoms with E-state index in [-0.39, 0.29) is 11.5 Å². The van der Waals surface area contributed by atoms with Gasteiger partial charge in [-0.25, -0.2) is 4.68 Å². The molecular weight excluding hydrogens is 352 g/mol. The molecule has 3 rings (SSSR count). The van der Waals surface area contributed by atoms with Crippen molar-refractivity contribution in [2.45, 2.75) is 19.9 Å². The molecule has 1 amide bonds. The Bertz CT molecular complexity index is 1000. The number of carbonyl (C=O) groups is 1. The van der Waals surface area contributed by atoms with Gasteiger partial charge in [0.05, 0.1) is 5.69 Å². The van der Waals surface area contributed by atoms with Gasteiger partial charge in [0, 0.05) is 34.7 Å². The van der Waals surface area contributed by atoms with Gasteiger partial charge < -0.3 is 5.32 Å². The molecule has 0 saturated heterocycles. The van der Waals surface area contributed by atoms with E-state index in [0.717, 1.165) is 11.1 Å². The van der Waals surface area contributed by atoms with Crippen molar-refractivity contribution < 1.29 is 4.79 Å². The molecule has 2 aromatic heterocycles. The summed E-state index contributed by atoms with van der Waals surface area (Å²) in [7, 11) is 0. The van der Waals surface area contributed by atoms with E-state index < -0.39 is 6.04 Å². The van der Waals surface area contributed by atoms with Crippen LogP contribution in [0.1, 0.15) is 18.5 Å². The van der Waals surface area contributed by atoms with Gasteiger partial charge in [-0.15, -0.1) is 0 Å². The van der Waals surface area contributed by atoms with Crippen molar-refractivity contribution in [3.63, 3.8) is 0 Å². The van der Waals surface area contributed by atoms with Crippen LogP contribution in [-0.2, 0) is 4.79 Å². The second kappa shape index (κ2) is 7.49. The average Bonchev–Trinajstić information content (AvgIpc) is 2.65. The van der Waals surface area contributed by atoms with Gasteiger partial charge in [0.1, 0.15) is 6.04 Å². The minimum absolute atomic E-state index is 0.354. The van der Waals surface area contributed by atoms with Gasteiger partial charge in [-0.05, 0) is 49.7 Å². The fraction of sp³-hybridized carbons (Fsp3) is 0.158.